The van der Waals surface area contributed by atoms with Gasteiger partial charge in [-0.2, -0.15) is 0 Å². The Bertz CT molecular complexity index is 723. The predicted octanol–water partition coefficient (Wildman–Crippen LogP) is 2.05. The van der Waals surface area contributed by atoms with E-state index in [0.717, 1.165) is 53.3 Å². The molecule has 0 saturated carbocycles. The van der Waals surface area contributed by atoms with Gasteiger partial charge in [0, 0.05) is 26.2 Å². The number of hydrogen-bond donors (Lipinski definition) is 1. The van der Waals surface area contributed by atoms with Crippen molar-refractivity contribution in [2.24, 2.45) is 0 Å². The van der Waals surface area contributed by atoms with Crippen LogP contribution in [0.4, 0.5) is 11.1 Å². The van der Waals surface area contributed by atoms with Crippen molar-refractivity contribution in [3.8, 4) is 0 Å². The lowest BCUT2D eigenvalue weighted by atomic mass is 10.3. The number of aryl methyl sites for hydroxylation is 1. The standard InChI is InChI=1S/C14H16N6S/c1-10-17-18-14(21-10)20-8-6-19(7-9-20)13-15-11-4-2-3-5-12(11)16-13/h2-5H,6-9H2,1H3,(H,15,16). The summed E-state index contributed by atoms with van der Waals surface area (Å²) in [4.78, 5) is 12.7. The molecule has 1 aromatic carbocycles. The number of benzene rings is 1. The number of nitrogens with one attached hydrogen (secondary N) is 1. The van der Waals surface area contributed by atoms with Crippen LogP contribution in [0.5, 0.6) is 0 Å². The van der Waals surface area contributed by atoms with Crippen LogP contribution in [-0.4, -0.2) is 46.3 Å². The average molecular weight is 300 g/mol. The van der Waals surface area contributed by atoms with Crippen molar-refractivity contribution >= 4 is 33.5 Å². The number of H-pyrrole nitrogens is 1. The second-order valence-corrected chi connectivity index (χ2v) is 6.32. The van der Waals surface area contributed by atoms with Gasteiger partial charge in [0.1, 0.15) is 5.01 Å². The first kappa shape index (κ1) is 12.6. The molecule has 1 aliphatic heterocycles. The zero-order valence-corrected chi connectivity index (χ0v) is 12.6. The van der Waals surface area contributed by atoms with E-state index >= 15 is 0 Å². The van der Waals surface area contributed by atoms with Crippen LogP contribution >= 0.6 is 11.3 Å². The molecule has 3 aromatic rings. The second kappa shape index (κ2) is 5.00. The number of nitrogens with zero attached hydrogens (tertiary/aromatic N) is 5. The van der Waals surface area contributed by atoms with E-state index in [2.05, 4.69) is 36.0 Å². The summed E-state index contributed by atoms with van der Waals surface area (Å²) in [6, 6.07) is 8.14. The third-order valence-electron chi connectivity index (χ3n) is 3.74. The van der Waals surface area contributed by atoms with Crippen molar-refractivity contribution in [1.29, 1.82) is 0 Å². The second-order valence-electron chi connectivity index (χ2n) is 5.16. The molecule has 1 saturated heterocycles. The van der Waals surface area contributed by atoms with Gasteiger partial charge in [-0.3, -0.25) is 0 Å². The van der Waals surface area contributed by atoms with Crippen LogP contribution in [0.3, 0.4) is 0 Å². The van der Waals surface area contributed by atoms with Crippen LogP contribution in [0.25, 0.3) is 11.0 Å². The zero-order chi connectivity index (χ0) is 14.2. The SMILES string of the molecule is Cc1nnc(N2CCN(c3nc4ccccc4[nH]3)CC2)s1. The van der Waals surface area contributed by atoms with Crippen molar-refractivity contribution in [3.63, 3.8) is 0 Å². The Kier molecular flexibility index (Phi) is 2.99. The van der Waals surface area contributed by atoms with Crippen LogP contribution in [0, 0.1) is 6.92 Å². The summed E-state index contributed by atoms with van der Waals surface area (Å²) in [7, 11) is 0. The number of para-hydroxylation sites is 2. The van der Waals surface area contributed by atoms with Crippen molar-refractivity contribution in [2.75, 3.05) is 36.0 Å². The predicted molar refractivity (Wildman–Crippen MR) is 85.2 cm³/mol. The molecule has 1 fully saturated rings. The van der Waals surface area contributed by atoms with Crippen molar-refractivity contribution < 1.29 is 0 Å². The highest BCUT2D eigenvalue weighted by atomic mass is 32.1. The van der Waals surface area contributed by atoms with Gasteiger partial charge in [-0.15, -0.1) is 10.2 Å². The monoisotopic (exact) mass is 300 g/mol. The Morgan fingerprint density at radius 3 is 2.52 bits per heavy atom. The van der Waals surface area contributed by atoms with E-state index in [9.17, 15) is 0 Å². The number of aromatic nitrogens is 4. The van der Waals surface area contributed by atoms with Crippen LogP contribution < -0.4 is 9.80 Å². The maximum Gasteiger partial charge on any atom is 0.208 e. The fourth-order valence-corrected chi connectivity index (χ4v) is 3.35. The van der Waals surface area contributed by atoms with Crippen LogP contribution in [0.1, 0.15) is 5.01 Å². The zero-order valence-electron chi connectivity index (χ0n) is 11.8. The van der Waals surface area contributed by atoms with Gasteiger partial charge >= 0.3 is 0 Å². The molecule has 1 N–H and O–H groups in total. The minimum Gasteiger partial charge on any atom is -0.343 e. The highest BCUT2D eigenvalue weighted by Gasteiger charge is 2.21. The molecule has 108 valence electrons. The van der Waals surface area contributed by atoms with Gasteiger partial charge in [0.15, 0.2) is 0 Å². The molecule has 4 rings (SSSR count). The maximum absolute atomic E-state index is 4.66. The van der Waals surface area contributed by atoms with Gasteiger partial charge in [-0.25, -0.2) is 4.98 Å². The normalized spacial score (nSPS) is 15.9. The van der Waals surface area contributed by atoms with E-state index in [-0.39, 0.29) is 0 Å². The van der Waals surface area contributed by atoms with Crippen LogP contribution in [0.15, 0.2) is 24.3 Å². The Balaban J connectivity index is 1.49. The van der Waals surface area contributed by atoms with Gasteiger partial charge in [-0.05, 0) is 19.1 Å². The maximum atomic E-state index is 4.66. The van der Waals surface area contributed by atoms with E-state index in [1.807, 2.05) is 25.1 Å². The minimum absolute atomic E-state index is 0.943. The smallest absolute Gasteiger partial charge is 0.208 e. The van der Waals surface area contributed by atoms with Crippen molar-refractivity contribution in [1.82, 2.24) is 20.2 Å². The first-order valence-corrected chi connectivity index (χ1v) is 7.86. The average Bonchev–Trinajstić information content (AvgIpc) is 3.13. The molecular formula is C14H16N6S. The number of rotatable bonds is 2. The molecule has 21 heavy (non-hydrogen) atoms. The molecular weight excluding hydrogens is 284 g/mol. The number of fused-ring (bicyclic) bond motifs is 1. The molecule has 1 aliphatic rings. The number of hydrogen-bond acceptors (Lipinski definition) is 6. The molecule has 2 aromatic heterocycles. The number of piperazine rings is 1. The Morgan fingerprint density at radius 1 is 1.05 bits per heavy atom. The quantitative estimate of drug-likeness (QED) is 0.785. The van der Waals surface area contributed by atoms with Gasteiger partial charge < -0.3 is 14.8 Å². The summed E-state index contributed by atoms with van der Waals surface area (Å²) >= 11 is 1.66. The topological polar surface area (TPSA) is 60.9 Å². The fourth-order valence-electron chi connectivity index (χ4n) is 2.61. The van der Waals surface area contributed by atoms with E-state index in [1.165, 1.54) is 0 Å². The highest BCUT2D eigenvalue weighted by Crippen LogP contribution is 2.23. The van der Waals surface area contributed by atoms with Crippen molar-refractivity contribution in [2.45, 2.75) is 6.92 Å². The number of aromatic amines is 1. The van der Waals surface area contributed by atoms with E-state index in [0.29, 0.717) is 0 Å². The lowest BCUT2D eigenvalue weighted by molar-refractivity contribution is 0.640. The molecule has 0 bridgehead atoms. The molecule has 7 heteroatoms. The van der Waals surface area contributed by atoms with Crippen molar-refractivity contribution in [3.05, 3.63) is 29.3 Å². The molecule has 0 aliphatic carbocycles. The van der Waals surface area contributed by atoms with Gasteiger partial charge in [0.05, 0.1) is 11.0 Å². The third-order valence-corrected chi connectivity index (χ3v) is 4.64. The number of anilines is 2. The molecule has 0 amide bonds. The van der Waals surface area contributed by atoms with E-state index in [1.54, 1.807) is 11.3 Å². The lowest BCUT2D eigenvalue weighted by Gasteiger charge is -2.34. The molecule has 0 unspecified atom stereocenters. The summed E-state index contributed by atoms with van der Waals surface area (Å²) < 4.78 is 0. The molecule has 0 radical (unpaired) electrons. The molecule has 3 heterocycles. The summed E-state index contributed by atoms with van der Waals surface area (Å²) in [5.74, 6) is 0.962. The van der Waals surface area contributed by atoms with Gasteiger partial charge in [0.25, 0.3) is 0 Å². The van der Waals surface area contributed by atoms with Gasteiger partial charge in [-0.1, -0.05) is 23.5 Å². The third kappa shape index (κ3) is 2.33. The summed E-state index contributed by atoms with van der Waals surface area (Å²) in [6.07, 6.45) is 0. The fraction of sp³-hybridized carbons (Fsp3) is 0.357. The van der Waals surface area contributed by atoms with Gasteiger partial charge in [0.2, 0.25) is 11.1 Å². The highest BCUT2D eigenvalue weighted by molar-refractivity contribution is 7.15. The first-order valence-electron chi connectivity index (χ1n) is 7.04. The largest absolute Gasteiger partial charge is 0.343 e. The molecule has 0 spiro atoms. The minimum atomic E-state index is 0.943. The summed E-state index contributed by atoms with van der Waals surface area (Å²) in [6.45, 7) is 5.78. The lowest BCUT2D eigenvalue weighted by Crippen LogP contribution is -2.46. The Hall–Kier alpha value is -2.15. The van der Waals surface area contributed by atoms with Crippen LogP contribution in [0.2, 0.25) is 0 Å². The Morgan fingerprint density at radius 2 is 1.81 bits per heavy atom. The summed E-state index contributed by atoms with van der Waals surface area (Å²) in [5.41, 5.74) is 2.12. The first-order chi connectivity index (χ1) is 10.3. The summed E-state index contributed by atoms with van der Waals surface area (Å²) in [5, 5.41) is 10.4. The van der Waals surface area contributed by atoms with E-state index in [4.69, 9.17) is 0 Å². The van der Waals surface area contributed by atoms with Crippen LogP contribution in [-0.2, 0) is 0 Å². The number of imidazole rings is 1. The Labute approximate surface area is 126 Å². The van der Waals surface area contributed by atoms with E-state index < -0.39 is 0 Å². The molecule has 6 nitrogen and oxygen atoms in total. The molecule has 0 atom stereocenters.